The van der Waals surface area contributed by atoms with Crippen LogP contribution in [0, 0.1) is 10.1 Å². The highest BCUT2D eigenvalue weighted by Crippen LogP contribution is 2.61. The summed E-state index contributed by atoms with van der Waals surface area (Å²) in [6.07, 6.45) is -3.02. The van der Waals surface area contributed by atoms with Crippen molar-refractivity contribution in [2.45, 2.75) is 24.5 Å². The molecular formula is C16H16N3O11P. The van der Waals surface area contributed by atoms with E-state index in [9.17, 15) is 29.4 Å². The lowest BCUT2D eigenvalue weighted by Gasteiger charge is -2.20. The number of fused-ring (bicyclic) bond motifs is 1. The molecule has 166 valence electrons. The van der Waals surface area contributed by atoms with Crippen molar-refractivity contribution in [3.05, 3.63) is 67.5 Å². The minimum Gasteiger partial charge on any atom is -0.467 e. The SMILES string of the molecule is O=c1ccn([C@@H]2O[C@H](CO)[C@H]3OP(=O)(OCOc4ccc([N+](=O)[O-])cc4)O[C@H]32)c(=O)[nH]1. The smallest absolute Gasteiger partial charge is 0.467 e. The average molecular weight is 457 g/mol. The van der Waals surface area contributed by atoms with Gasteiger partial charge in [-0.1, -0.05) is 0 Å². The molecule has 31 heavy (non-hydrogen) atoms. The Labute approximate surface area is 172 Å². The molecule has 2 aromatic rings. The van der Waals surface area contributed by atoms with E-state index in [0.29, 0.717) is 0 Å². The van der Waals surface area contributed by atoms with E-state index >= 15 is 0 Å². The average Bonchev–Trinajstić information content (AvgIpc) is 3.23. The summed E-state index contributed by atoms with van der Waals surface area (Å²) in [6.45, 7) is -1.08. The van der Waals surface area contributed by atoms with Gasteiger partial charge in [-0.05, 0) is 12.1 Å². The van der Waals surface area contributed by atoms with Crippen LogP contribution in [0.3, 0.4) is 0 Å². The van der Waals surface area contributed by atoms with E-state index < -0.39 is 61.9 Å². The zero-order valence-electron chi connectivity index (χ0n) is 15.6. The van der Waals surface area contributed by atoms with Crippen LogP contribution in [-0.4, -0.2) is 51.3 Å². The van der Waals surface area contributed by atoms with E-state index in [1.807, 2.05) is 0 Å². The highest BCUT2D eigenvalue weighted by Gasteiger charge is 2.59. The van der Waals surface area contributed by atoms with Crippen LogP contribution in [0.1, 0.15) is 6.23 Å². The molecule has 15 heteroatoms. The number of aliphatic hydroxyl groups excluding tert-OH is 1. The highest BCUT2D eigenvalue weighted by molar-refractivity contribution is 7.48. The Bertz CT molecular complexity index is 1130. The van der Waals surface area contributed by atoms with Gasteiger partial charge >= 0.3 is 13.5 Å². The predicted octanol–water partition coefficient (Wildman–Crippen LogP) is 0.280. The van der Waals surface area contributed by atoms with Gasteiger partial charge in [0.05, 0.1) is 11.5 Å². The first-order chi connectivity index (χ1) is 14.8. The molecule has 1 aromatic heterocycles. The maximum Gasteiger partial charge on any atom is 0.478 e. The molecule has 1 unspecified atom stereocenters. The Kier molecular flexibility index (Phi) is 5.75. The Morgan fingerprint density at radius 1 is 1.19 bits per heavy atom. The van der Waals surface area contributed by atoms with Crippen LogP contribution in [-0.2, 0) is 22.9 Å². The molecule has 5 atom stereocenters. The number of H-pyrrole nitrogens is 1. The molecule has 2 saturated heterocycles. The first-order valence-electron chi connectivity index (χ1n) is 8.86. The number of nitro groups is 1. The fourth-order valence-corrected chi connectivity index (χ4v) is 4.58. The van der Waals surface area contributed by atoms with Crippen LogP contribution in [0.25, 0.3) is 0 Å². The van der Waals surface area contributed by atoms with Crippen molar-refractivity contribution in [1.82, 2.24) is 9.55 Å². The number of hydrogen-bond donors (Lipinski definition) is 2. The summed E-state index contributed by atoms with van der Waals surface area (Å²) < 4.78 is 40.5. The molecule has 2 N–H and O–H groups in total. The quantitative estimate of drug-likeness (QED) is 0.252. The lowest BCUT2D eigenvalue weighted by Crippen LogP contribution is -2.36. The van der Waals surface area contributed by atoms with Crippen molar-refractivity contribution in [3.8, 4) is 5.75 Å². The normalized spacial score (nSPS) is 29.6. The van der Waals surface area contributed by atoms with Crippen LogP contribution in [0.5, 0.6) is 5.75 Å². The summed E-state index contributed by atoms with van der Waals surface area (Å²) in [5, 5.41) is 20.2. The van der Waals surface area contributed by atoms with Gasteiger partial charge in [0.2, 0.25) is 0 Å². The number of ether oxygens (including phenoxy) is 2. The summed E-state index contributed by atoms with van der Waals surface area (Å²) >= 11 is 0. The third-order valence-corrected chi connectivity index (χ3v) is 6.00. The summed E-state index contributed by atoms with van der Waals surface area (Å²) in [6, 6.07) is 6.20. The minimum atomic E-state index is -4.15. The monoisotopic (exact) mass is 457 g/mol. The highest BCUT2D eigenvalue weighted by atomic mass is 31.2. The number of aromatic nitrogens is 2. The molecule has 0 saturated carbocycles. The van der Waals surface area contributed by atoms with Crippen molar-refractivity contribution in [2.24, 2.45) is 0 Å². The fourth-order valence-electron chi connectivity index (χ4n) is 3.15. The number of nitro benzene ring substituents is 1. The second kappa shape index (κ2) is 8.34. The molecule has 2 fully saturated rings. The van der Waals surface area contributed by atoms with Gasteiger partial charge in [-0.25, -0.2) is 13.9 Å². The van der Waals surface area contributed by atoms with E-state index in [1.54, 1.807) is 0 Å². The Balaban J connectivity index is 1.44. The maximum absolute atomic E-state index is 12.8. The van der Waals surface area contributed by atoms with E-state index in [-0.39, 0.29) is 11.4 Å². The second-order valence-corrected chi connectivity index (χ2v) is 8.07. The van der Waals surface area contributed by atoms with Crippen molar-refractivity contribution < 1.29 is 37.6 Å². The number of nitrogens with one attached hydrogen (secondary N) is 1. The van der Waals surface area contributed by atoms with Crippen LogP contribution in [0.4, 0.5) is 5.69 Å². The van der Waals surface area contributed by atoms with Gasteiger partial charge in [-0.2, -0.15) is 0 Å². The number of rotatable bonds is 7. The molecule has 2 aliphatic rings. The lowest BCUT2D eigenvalue weighted by atomic mass is 10.1. The van der Waals surface area contributed by atoms with Crippen molar-refractivity contribution in [3.63, 3.8) is 0 Å². The van der Waals surface area contributed by atoms with Crippen LogP contribution in [0.2, 0.25) is 0 Å². The van der Waals surface area contributed by atoms with Gasteiger partial charge in [0.15, 0.2) is 13.0 Å². The number of hydrogen-bond acceptors (Lipinski definition) is 11. The standard InChI is InChI=1S/C16H16N3O11P/c20-7-11-13-14(15(28-11)18-6-5-12(21)17-16(18)22)30-31(25,29-13)27-8-26-10-3-1-9(2-4-10)19(23)24/h1-6,11,13-15,20H,7-8H2,(H,17,21,22)/t11-,13-,14-,15-,31?/m1/s1. The zero-order chi connectivity index (χ0) is 22.2. The molecule has 0 amide bonds. The van der Waals surface area contributed by atoms with Crippen molar-refractivity contribution in [2.75, 3.05) is 13.4 Å². The number of aromatic amines is 1. The first kappa shape index (κ1) is 21.4. The third kappa shape index (κ3) is 4.30. The Hall–Kier alpha value is -2.87. The lowest BCUT2D eigenvalue weighted by molar-refractivity contribution is -0.384. The van der Waals surface area contributed by atoms with Gasteiger partial charge in [-0.3, -0.25) is 33.5 Å². The fraction of sp³-hybridized carbons (Fsp3) is 0.375. The predicted molar refractivity (Wildman–Crippen MR) is 99.3 cm³/mol. The van der Waals surface area contributed by atoms with E-state index in [0.717, 1.165) is 10.6 Å². The third-order valence-electron chi connectivity index (χ3n) is 4.58. The summed E-state index contributed by atoms with van der Waals surface area (Å²) in [4.78, 5) is 35.5. The van der Waals surface area contributed by atoms with E-state index in [4.69, 9.17) is 23.0 Å². The Morgan fingerprint density at radius 2 is 1.90 bits per heavy atom. The molecule has 0 aliphatic carbocycles. The topological polar surface area (TPSA) is 181 Å². The van der Waals surface area contributed by atoms with Crippen LogP contribution in [0.15, 0.2) is 46.1 Å². The second-order valence-electron chi connectivity index (χ2n) is 6.49. The van der Waals surface area contributed by atoms with Crippen LogP contribution < -0.4 is 16.0 Å². The van der Waals surface area contributed by atoms with Gasteiger partial charge in [0.25, 0.3) is 11.2 Å². The molecule has 0 radical (unpaired) electrons. The first-order valence-corrected chi connectivity index (χ1v) is 10.3. The van der Waals surface area contributed by atoms with Crippen molar-refractivity contribution >= 4 is 13.5 Å². The minimum absolute atomic E-state index is 0.130. The molecule has 0 spiro atoms. The zero-order valence-corrected chi connectivity index (χ0v) is 16.5. The molecule has 0 bridgehead atoms. The number of aliphatic hydroxyl groups is 1. The molecule has 4 rings (SSSR count). The Morgan fingerprint density at radius 3 is 2.55 bits per heavy atom. The van der Waals surface area contributed by atoms with E-state index in [1.165, 1.54) is 30.5 Å². The maximum atomic E-state index is 12.8. The van der Waals surface area contributed by atoms with Crippen molar-refractivity contribution in [1.29, 1.82) is 0 Å². The molecule has 1 aromatic carbocycles. The number of phosphoric acid groups is 1. The van der Waals surface area contributed by atoms with Gasteiger partial charge < -0.3 is 14.6 Å². The molecule has 14 nitrogen and oxygen atoms in total. The summed E-state index contributed by atoms with van der Waals surface area (Å²) in [5.41, 5.74) is -1.53. The molecular weight excluding hydrogens is 441 g/mol. The molecule has 2 aliphatic heterocycles. The van der Waals surface area contributed by atoms with Gasteiger partial charge in [0, 0.05) is 24.4 Å². The van der Waals surface area contributed by atoms with Crippen LogP contribution >= 0.6 is 7.82 Å². The number of nitrogens with zero attached hydrogens (tertiary/aromatic N) is 2. The number of non-ortho nitro benzene ring substituents is 1. The largest absolute Gasteiger partial charge is 0.478 e. The number of benzene rings is 1. The van der Waals surface area contributed by atoms with E-state index in [2.05, 4.69) is 4.98 Å². The summed E-state index contributed by atoms with van der Waals surface area (Å²) in [7, 11) is -4.15. The number of phosphoric ester groups is 1. The molecule has 3 heterocycles. The van der Waals surface area contributed by atoms with Gasteiger partial charge in [-0.15, -0.1) is 0 Å². The van der Waals surface area contributed by atoms with Gasteiger partial charge in [0.1, 0.15) is 24.1 Å². The summed E-state index contributed by atoms with van der Waals surface area (Å²) in [5.74, 6) is 0.214.